The van der Waals surface area contributed by atoms with Gasteiger partial charge in [0, 0.05) is 23.3 Å². The highest BCUT2D eigenvalue weighted by atomic mass is 16.5. The molecule has 0 spiro atoms. The second-order valence-corrected chi connectivity index (χ2v) is 5.54. The summed E-state index contributed by atoms with van der Waals surface area (Å²) in [5, 5.41) is 38.5. The summed E-state index contributed by atoms with van der Waals surface area (Å²) < 4.78 is 10.4. The second kappa shape index (κ2) is 8.63. The van der Waals surface area contributed by atoms with Crippen LogP contribution >= 0.6 is 0 Å². The molecule has 146 valence electrons. The van der Waals surface area contributed by atoms with Crippen LogP contribution in [0, 0.1) is 0 Å². The van der Waals surface area contributed by atoms with Crippen LogP contribution in [0.25, 0.3) is 23.3 Å². The molecule has 0 bridgehead atoms. The summed E-state index contributed by atoms with van der Waals surface area (Å²) in [6.45, 7) is 0. The van der Waals surface area contributed by atoms with Gasteiger partial charge in [-0.1, -0.05) is 6.07 Å². The Morgan fingerprint density at radius 1 is 0.929 bits per heavy atom. The third-order valence-corrected chi connectivity index (χ3v) is 3.78. The van der Waals surface area contributed by atoms with Gasteiger partial charge >= 0.3 is 11.9 Å². The quantitative estimate of drug-likeness (QED) is 0.534. The van der Waals surface area contributed by atoms with E-state index in [-0.39, 0.29) is 34.1 Å². The minimum atomic E-state index is -1.18. The van der Waals surface area contributed by atoms with Gasteiger partial charge in [-0.05, 0) is 41.5 Å². The van der Waals surface area contributed by atoms with E-state index in [1.54, 1.807) is 0 Å². The Morgan fingerprint density at radius 2 is 1.57 bits per heavy atom. The van der Waals surface area contributed by atoms with E-state index in [4.69, 9.17) is 19.7 Å². The molecule has 0 atom stereocenters. The highest BCUT2D eigenvalue weighted by molar-refractivity contribution is 5.93. The second-order valence-electron chi connectivity index (χ2n) is 5.54. The summed E-state index contributed by atoms with van der Waals surface area (Å²) in [7, 11) is 2.64. The van der Waals surface area contributed by atoms with Gasteiger partial charge in [0.05, 0.1) is 14.2 Å². The molecule has 0 radical (unpaired) electrons. The highest BCUT2D eigenvalue weighted by Gasteiger charge is 2.20. The van der Waals surface area contributed by atoms with Gasteiger partial charge in [-0.15, -0.1) is 0 Å². The monoisotopic (exact) mass is 386 g/mol. The maximum absolute atomic E-state index is 10.9. The molecule has 8 nitrogen and oxygen atoms in total. The van der Waals surface area contributed by atoms with Crippen LogP contribution < -0.4 is 9.47 Å². The van der Waals surface area contributed by atoms with Crippen molar-refractivity contribution in [2.24, 2.45) is 0 Å². The molecule has 0 aliphatic carbocycles. The van der Waals surface area contributed by atoms with Crippen molar-refractivity contribution in [3.8, 4) is 34.1 Å². The molecule has 2 aromatic carbocycles. The Hall–Kier alpha value is -3.94. The van der Waals surface area contributed by atoms with E-state index in [2.05, 4.69) is 0 Å². The minimum Gasteiger partial charge on any atom is -0.504 e. The third-order valence-electron chi connectivity index (χ3n) is 3.78. The number of rotatable bonds is 7. The van der Waals surface area contributed by atoms with Crippen molar-refractivity contribution in [3.63, 3.8) is 0 Å². The van der Waals surface area contributed by atoms with Crippen LogP contribution in [0.1, 0.15) is 11.1 Å². The highest BCUT2D eigenvalue weighted by Crippen LogP contribution is 2.47. The lowest BCUT2D eigenvalue weighted by atomic mass is 9.94. The molecule has 8 heteroatoms. The molecule has 0 unspecified atom stereocenters. The van der Waals surface area contributed by atoms with Crippen molar-refractivity contribution in [3.05, 3.63) is 47.5 Å². The summed E-state index contributed by atoms with van der Waals surface area (Å²) >= 11 is 0. The number of carbonyl (C=O) groups is 2. The molecule has 0 aromatic heterocycles. The number of phenolic OH excluding ortho intramolecular Hbond substituents is 2. The minimum absolute atomic E-state index is 0.00394. The van der Waals surface area contributed by atoms with Gasteiger partial charge in [0.1, 0.15) is 0 Å². The Bertz CT molecular complexity index is 973. The Morgan fingerprint density at radius 3 is 2.14 bits per heavy atom. The molecule has 0 aliphatic rings. The molecule has 2 aromatic rings. The number of aromatic hydroxyl groups is 2. The molecule has 2 rings (SSSR count). The lowest BCUT2D eigenvalue weighted by Gasteiger charge is -2.17. The zero-order chi connectivity index (χ0) is 20.8. The summed E-state index contributed by atoms with van der Waals surface area (Å²) in [6.07, 6.45) is 4.40. The van der Waals surface area contributed by atoms with Gasteiger partial charge in [0.15, 0.2) is 23.0 Å². The van der Waals surface area contributed by atoms with Crippen LogP contribution in [-0.4, -0.2) is 46.6 Å². The number of methoxy groups -OCH3 is 2. The van der Waals surface area contributed by atoms with Crippen molar-refractivity contribution in [1.29, 1.82) is 0 Å². The number of ether oxygens (including phenoxy) is 2. The van der Waals surface area contributed by atoms with E-state index in [1.165, 1.54) is 50.6 Å². The number of hydrogen-bond acceptors (Lipinski definition) is 6. The van der Waals surface area contributed by atoms with Gasteiger partial charge < -0.3 is 29.9 Å². The van der Waals surface area contributed by atoms with Crippen LogP contribution in [0.5, 0.6) is 23.0 Å². The number of benzene rings is 2. The molecule has 0 aliphatic heterocycles. The molecule has 0 amide bonds. The molecule has 0 heterocycles. The van der Waals surface area contributed by atoms with E-state index < -0.39 is 11.9 Å². The van der Waals surface area contributed by atoms with E-state index in [9.17, 15) is 19.8 Å². The maximum atomic E-state index is 10.9. The van der Waals surface area contributed by atoms with E-state index >= 15 is 0 Å². The van der Waals surface area contributed by atoms with Crippen molar-refractivity contribution >= 4 is 24.1 Å². The fourth-order valence-electron chi connectivity index (χ4n) is 2.61. The molecule has 0 saturated heterocycles. The van der Waals surface area contributed by atoms with Gasteiger partial charge in [0.2, 0.25) is 0 Å². The van der Waals surface area contributed by atoms with E-state index in [1.807, 2.05) is 0 Å². The number of aliphatic carboxylic acids is 2. The van der Waals surface area contributed by atoms with Crippen molar-refractivity contribution in [1.82, 2.24) is 0 Å². The normalized spacial score (nSPS) is 11.1. The number of carboxylic acid groups (broad SMARTS) is 2. The van der Waals surface area contributed by atoms with Gasteiger partial charge in [-0.2, -0.15) is 0 Å². The standard InChI is InChI=1S/C20H18O8/c1-27-15-10-11(3-7-16(22)23)9-13(19(15)26)18-12(5-8-17(24)25)4-6-14(21)20(18)28-2/h3-10,21,26H,1-2H3,(H,22,23)(H,24,25)/b7-3+,8-5-. The zero-order valence-corrected chi connectivity index (χ0v) is 15.0. The van der Waals surface area contributed by atoms with Gasteiger partial charge in [0.25, 0.3) is 0 Å². The van der Waals surface area contributed by atoms with Crippen LogP contribution in [0.4, 0.5) is 0 Å². The fourth-order valence-corrected chi connectivity index (χ4v) is 2.61. The molecule has 0 fully saturated rings. The lowest BCUT2D eigenvalue weighted by molar-refractivity contribution is -0.132. The summed E-state index contributed by atoms with van der Waals surface area (Å²) in [5.41, 5.74) is 1.10. The molecular weight excluding hydrogens is 368 g/mol. The SMILES string of the molecule is COc1cc(/C=C/C(=O)O)cc(-c2c(/C=C\C(=O)O)ccc(O)c2OC)c1O. The third kappa shape index (κ3) is 4.42. The van der Waals surface area contributed by atoms with Crippen molar-refractivity contribution in [2.45, 2.75) is 0 Å². The predicted molar refractivity (Wildman–Crippen MR) is 102 cm³/mol. The average Bonchev–Trinajstić information content (AvgIpc) is 2.65. The van der Waals surface area contributed by atoms with Gasteiger partial charge in [-0.25, -0.2) is 9.59 Å². The van der Waals surface area contributed by atoms with E-state index in [0.29, 0.717) is 11.1 Å². The number of hydrogen-bond donors (Lipinski definition) is 4. The largest absolute Gasteiger partial charge is 0.504 e. The Balaban J connectivity index is 2.84. The van der Waals surface area contributed by atoms with Crippen LogP contribution in [0.15, 0.2) is 36.4 Å². The van der Waals surface area contributed by atoms with Crippen molar-refractivity contribution < 1.29 is 39.5 Å². The smallest absolute Gasteiger partial charge is 0.328 e. The predicted octanol–water partition coefficient (Wildman–Crippen LogP) is 2.98. The molecule has 4 N–H and O–H groups in total. The first-order chi connectivity index (χ1) is 13.3. The van der Waals surface area contributed by atoms with Crippen LogP contribution in [-0.2, 0) is 9.59 Å². The lowest BCUT2D eigenvalue weighted by Crippen LogP contribution is -1.96. The summed E-state index contributed by atoms with van der Waals surface area (Å²) in [5.74, 6) is -2.80. The van der Waals surface area contributed by atoms with Gasteiger partial charge in [-0.3, -0.25) is 0 Å². The number of carboxylic acids is 2. The Kier molecular flexibility index (Phi) is 6.28. The molecule has 0 saturated carbocycles. The van der Waals surface area contributed by atoms with Crippen molar-refractivity contribution in [2.75, 3.05) is 14.2 Å². The fraction of sp³-hybridized carbons (Fsp3) is 0.100. The molecule has 28 heavy (non-hydrogen) atoms. The van der Waals surface area contributed by atoms with Crippen LogP contribution in [0.2, 0.25) is 0 Å². The maximum Gasteiger partial charge on any atom is 0.328 e. The first kappa shape index (κ1) is 20.4. The Labute approximate surface area is 160 Å². The topological polar surface area (TPSA) is 134 Å². The number of phenols is 2. The van der Waals surface area contributed by atoms with Crippen LogP contribution in [0.3, 0.4) is 0 Å². The molecular formula is C20H18O8. The summed E-state index contributed by atoms with van der Waals surface area (Å²) in [6, 6.07) is 5.68. The average molecular weight is 386 g/mol. The zero-order valence-electron chi connectivity index (χ0n) is 15.0. The summed E-state index contributed by atoms with van der Waals surface area (Å²) in [4.78, 5) is 21.7. The first-order valence-corrected chi connectivity index (χ1v) is 7.91. The van der Waals surface area contributed by atoms with E-state index in [0.717, 1.165) is 12.2 Å². The first-order valence-electron chi connectivity index (χ1n) is 7.91.